The summed E-state index contributed by atoms with van der Waals surface area (Å²) in [7, 11) is 2.13. The van der Waals surface area contributed by atoms with E-state index in [4.69, 9.17) is 4.99 Å². The van der Waals surface area contributed by atoms with Crippen LogP contribution in [0.25, 0.3) is 0 Å². The number of aliphatic imine (C=N–C) groups is 1. The molecule has 0 bridgehead atoms. The summed E-state index contributed by atoms with van der Waals surface area (Å²) in [4.78, 5) is 9.14. The minimum atomic E-state index is -0.210. The highest BCUT2D eigenvalue weighted by molar-refractivity contribution is 14.0. The first-order chi connectivity index (χ1) is 11.2. The molecule has 0 unspecified atom stereocenters. The van der Waals surface area contributed by atoms with Gasteiger partial charge in [0.05, 0.1) is 6.10 Å². The Balaban J connectivity index is 0.00000288. The lowest BCUT2D eigenvalue weighted by Crippen LogP contribution is -2.40. The summed E-state index contributed by atoms with van der Waals surface area (Å²) in [6.45, 7) is 6.40. The van der Waals surface area contributed by atoms with E-state index in [9.17, 15) is 5.11 Å². The first-order valence-electron chi connectivity index (χ1n) is 8.68. The number of para-hydroxylation sites is 1. The molecule has 0 amide bonds. The molecule has 0 aliphatic carbocycles. The van der Waals surface area contributed by atoms with Crippen LogP contribution in [0.4, 0.5) is 5.69 Å². The minimum Gasteiger partial charge on any atom is -0.391 e. The Bertz CT molecular complexity index is 483. The number of rotatable bonds is 7. The van der Waals surface area contributed by atoms with Gasteiger partial charge in [0.2, 0.25) is 0 Å². The molecule has 2 N–H and O–H groups in total. The number of unbranched alkanes of at least 4 members (excludes halogenated alkanes) is 1. The quantitative estimate of drug-likeness (QED) is 0.293. The lowest BCUT2D eigenvalue weighted by atomic mass is 10.2. The standard InChI is InChI=1S/C18H30N4O.HI/c1-3-19-18(22-14-11-17(23)15-22)20-12-7-8-13-21(2)16-9-5-4-6-10-16;/h4-6,9-10,17,23H,3,7-8,11-15H2,1-2H3,(H,19,20);1H/t17-;/m1./s1. The number of nitrogens with zero attached hydrogens (tertiary/aromatic N) is 3. The number of hydrogen-bond acceptors (Lipinski definition) is 3. The fourth-order valence-electron chi connectivity index (χ4n) is 2.82. The average Bonchev–Trinajstić information content (AvgIpc) is 3.00. The van der Waals surface area contributed by atoms with Gasteiger partial charge in [-0.2, -0.15) is 0 Å². The maximum Gasteiger partial charge on any atom is 0.194 e. The van der Waals surface area contributed by atoms with E-state index < -0.39 is 0 Å². The maximum absolute atomic E-state index is 9.67. The van der Waals surface area contributed by atoms with Gasteiger partial charge in [-0.15, -0.1) is 24.0 Å². The van der Waals surface area contributed by atoms with Crippen LogP contribution in [0.3, 0.4) is 0 Å². The van der Waals surface area contributed by atoms with E-state index in [-0.39, 0.29) is 30.1 Å². The zero-order valence-corrected chi connectivity index (χ0v) is 17.1. The maximum atomic E-state index is 9.67. The van der Waals surface area contributed by atoms with Crippen molar-refractivity contribution in [1.29, 1.82) is 0 Å². The molecular weight excluding hydrogens is 415 g/mol. The lowest BCUT2D eigenvalue weighted by Gasteiger charge is -2.21. The van der Waals surface area contributed by atoms with Gasteiger partial charge in [0, 0.05) is 45.5 Å². The number of halogens is 1. The van der Waals surface area contributed by atoms with E-state index in [0.717, 1.165) is 51.4 Å². The highest BCUT2D eigenvalue weighted by Gasteiger charge is 2.22. The van der Waals surface area contributed by atoms with Crippen molar-refractivity contribution in [1.82, 2.24) is 10.2 Å². The van der Waals surface area contributed by atoms with Crippen LogP contribution in [-0.2, 0) is 0 Å². The molecule has 1 heterocycles. The van der Waals surface area contributed by atoms with Crippen molar-refractivity contribution >= 4 is 35.6 Å². The van der Waals surface area contributed by atoms with Crippen molar-refractivity contribution in [3.05, 3.63) is 30.3 Å². The van der Waals surface area contributed by atoms with E-state index in [0.29, 0.717) is 6.54 Å². The zero-order chi connectivity index (χ0) is 16.5. The Morgan fingerprint density at radius 3 is 2.71 bits per heavy atom. The van der Waals surface area contributed by atoms with Gasteiger partial charge < -0.3 is 20.2 Å². The molecule has 1 atom stereocenters. The summed E-state index contributed by atoms with van der Waals surface area (Å²) in [6.07, 6.45) is 2.82. The monoisotopic (exact) mass is 446 g/mol. The van der Waals surface area contributed by atoms with Crippen molar-refractivity contribution in [2.45, 2.75) is 32.3 Å². The van der Waals surface area contributed by atoms with Crippen LogP contribution in [0.1, 0.15) is 26.2 Å². The predicted octanol–water partition coefficient (Wildman–Crippen LogP) is 2.55. The Labute approximate surface area is 163 Å². The van der Waals surface area contributed by atoms with Gasteiger partial charge >= 0.3 is 0 Å². The number of guanidine groups is 1. The molecule has 1 saturated heterocycles. The Morgan fingerprint density at radius 1 is 1.33 bits per heavy atom. The van der Waals surface area contributed by atoms with Crippen LogP contribution in [0.2, 0.25) is 0 Å². The summed E-state index contributed by atoms with van der Waals surface area (Å²) >= 11 is 0. The fourth-order valence-corrected chi connectivity index (χ4v) is 2.82. The van der Waals surface area contributed by atoms with Crippen molar-refractivity contribution in [2.24, 2.45) is 4.99 Å². The molecule has 1 fully saturated rings. The number of nitrogens with one attached hydrogen (secondary N) is 1. The number of benzene rings is 1. The Hall–Kier alpha value is -1.02. The molecule has 0 aromatic heterocycles. The molecule has 5 nitrogen and oxygen atoms in total. The van der Waals surface area contributed by atoms with Crippen LogP contribution in [0, 0.1) is 0 Å². The Kier molecular flexibility index (Phi) is 10.1. The topological polar surface area (TPSA) is 51.1 Å². The summed E-state index contributed by atoms with van der Waals surface area (Å²) in [6, 6.07) is 10.5. The van der Waals surface area contributed by atoms with E-state index in [1.807, 2.05) is 6.07 Å². The third kappa shape index (κ3) is 6.84. The number of anilines is 1. The molecule has 0 saturated carbocycles. The molecule has 136 valence electrons. The lowest BCUT2D eigenvalue weighted by molar-refractivity contribution is 0.188. The highest BCUT2D eigenvalue weighted by Crippen LogP contribution is 2.12. The second kappa shape index (κ2) is 11.5. The zero-order valence-electron chi connectivity index (χ0n) is 14.8. The first kappa shape index (κ1) is 21.0. The van der Waals surface area contributed by atoms with E-state index in [1.165, 1.54) is 5.69 Å². The van der Waals surface area contributed by atoms with Crippen LogP contribution < -0.4 is 10.2 Å². The van der Waals surface area contributed by atoms with Crippen molar-refractivity contribution in [3.8, 4) is 0 Å². The average molecular weight is 446 g/mol. The van der Waals surface area contributed by atoms with Gasteiger partial charge in [0.1, 0.15) is 0 Å². The van der Waals surface area contributed by atoms with Crippen LogP contribution >= 0.6 is 24.0 Å². The first-order valence-corrected chi connectivity index (χ1v) is 8.68. The fraction of sp³-hybridized carbons (Fsp3) is 0.611. The number of β-amino-alcohol motifs (C(OH)–C–C–N with tert-alkyl or cyclic N) is 1. The van der Waals surface area contributed by atoms with Crippen LogP contribution in [0.15, 0.2) is 35.3 Å². The molecule has 0 radical (unpaired) electrons. The molecule has 2 rings (SSSR count). The largest absolute Gasteiger partial charge is 0.391 e. The Morgan fingerprint density at radius 2 is 2.08 bits per heavy atom. The van der Waals surface area contributed by atoms with E-state index in [2.05, 4.69) is 53.4 Å². The minimum absolute atomic E-state index is 0. The summed E-state index contributed by atoms with van der Waals surface area (Å²) < 4.78 is 0. The molecule has 1 aromatic carbocycles. The van der Waals surface area contributed by atoms with Gasteiger partial charge in [-0.25, -0.2) is 0 Å². The third-order valence-electron chi connectivity index (χ3n) is 4.16. The number of aliphatic hydroxyl groups excluding tert-OH is 1. The van der Waals surface area contributed by atoms with E-state index >= 15 is 0 Å². The molecule has 0 spiro atoms. The van der Waals surface area contributed by atoms with Gasteiger partial charge in [-0.05, 0) is 38.3 Å². The smallest absolute Gasteiger partial charge is 0.194 e. The van der Waals surface area contributed by atoms with Crippen LogP contribution in [-0.4, -0.2) is 61.8 Å². The molecule has 6 heteroatoms. The second-order valence-corrected chi connectivity index (χ2v) is 6.09. The van der Waals surface area contributed by atoms with Gasteiger partial charge in [-0.3, -0.25) is 4.99 Å². The van der Waals surface area contributed by atoms with Gasteiger partial charge in [0.25, 0.3) is 0 Å². The van der Waals surface area contributed by atoms with Crippen molar-refractivity contribution in [3.63, 3.8) is 0 Å². The normalized spacial score (nSPS) is 17.5. The molecule has 24 heavy (non-hydrogen) atoms. The summed E-state index contributed by atoms with van der Waals surface area (Å²) in [5, 5.41) is 13.0. The highest BCUT2D eigenvalue weighted by atomic mass is 127. The SMILES string of the molecule is CCNC(=NCCCCN(C)c1ccccc1)N1CC[C@@H](O)C1.I. The van der Waals surface area contributed by atoms with Crippen molar-refractivity contribution in [2.75, 3.05) is 44.7 Å². The second-order valence-electron chi connectivity index (χ2n) is 6.09. The third-order valence-corrected chi connectivity index (χ3v) is 4.16. The summed E-state index contributed by atoms with van der Waals surface area (Å²) in [5.74, 6) is 0.945. The van der Waals surface area contributed by atoms with Crippen molar-refractivity contribution < 1.29 is 5.11 Å². The molecule has 1 aliphatic heterocycles. The van der Waals surface area contributed by atoms with E-state index in [1.54, 1.807) is 0 Å². The predicted molar refractivity (Wildman–Crippen MR) is 113 cm³/mol. The summed E-state index contributed by atoms with van der Waals surface area (Å²) in [5.41, 5.74) is 1.26. The number of hydrogen-bond donors (Lipinski definition) is 2. The molecule has 1 aromatic rings. The molecule has 1 aliphatic rings. The van der Waals surface area contributed by atoms with Gasteiger partial charge in [-0.1, -0.05) is 18.2 Å². The molecular formula is C18H31IN4O. The number of likely N-dealkylation sites (tertiary alicyclic amines) is 1. The van der Waals surface area contributed by atoms with Crippen LogP contribution in [0.5, 0.6) is 0 Å². The van der Waals surface area contributed by atoms with Gasteiger partial charge in [0.15, 0.2) is 5.96 Å². The number of aliphatic hydroxyl groups is 1.